The standard InChI is InChI=1S/C23H30FN3O2/c1-5-29-12-19-11-23(13-25(19)3)14-27(15-23)22(28)20-10-21(26(4)16(20)2)17-6-8-18(24)9-7-17/h6-10,19H,5,11-15H2,1-4H3. The molecule has 156 valence electrons. The summed E-state index contributed by atoms with van der Waals surface area (Å²) in [4.78, 5) is 17.5. The second-order valence-corrected chi connectivity index (χ2v) is 8.69. The fraction of sp³-hybridized carbons (Fsp3) is 0.522. The molecular weight excluding hydrogens is 369 g/mol. The van der Waals surface area contributed by atoms with E-state index in [-0.39, 0.29) is 17.1 Å². The molecule has 1 amide bonds. The van der Waals surface area contributed by atoms with Crippen molar-refractivity contribution in [2.45, 2.75) is 26.3 Å². The van der Waals surface area contributed by atoms with Crippen LogP contribution in [0.2, 0.25) is 0 Å². The van der Waals surface area contributed by atoms with E-state index in [1.54, 1.807) is 12.1 Å². The number of carbonyl (C=O) groups is 1. The summed E-state index contributed by atoms with van der Waals surface area (Å²) in [5.74, 6) is -0.168. The first-order valence-corrected chi connectivity index (χ1v) is 10.3. The monoisotopic (exact) mass is 399 g/mol. The Kier molecular flexibility index (Phi) is 5.25. The lowest BCUT2D eigenvalue weighted by atomic mass is 9.77. The molecular formula is C23H30FN3O2. The summed E-state index contributed by atoms with van der Waals surface area (Å²) in [7, 11) is 4.10. The van der Waals surface area contributed by atoms with Crippen molar-refractivity contribution >= 4 is 5.91 Å². The Labute approximate surface area is 172 Å². The Bertz CT molecular complexity index is 900. The zero-order valence-electron chi connectivity index (χ0n) is 17.7. The SMILES string of the molecule is CCOCC1CC2(CN(C(=O)c3cc(-c4ccc(F)cc4)n(C)c3C)C2)CN1C. The first-order valence-electron chi connectivity index (χ1n) is 10.3. The van der Waals surface area contributed by atoms with E-state index in [2.05, 4.69) is 11.9 Å². The first-order chi connectivity index (χ1) is 13.8. The van der Waals surface area contributed by atoms with E-state index in [0.717, 1.165) is 61.8 Å². The number of hydrogen-bond acceptors (Lipinski definition) is 3. The van der Waals surface area contributed by atoms with E-state index in [0.29, 0.717) is 6.04 Å². The van der Waals surface area contributed by atoms with Crippen molar-refractivity contribution in [2.75, 3.05) is 39.9 Å². The van der Waals surface area contributed by atoms with E-state index in [9.17, 15) is 9.18 Å². The van der Waals surface area contributed by atoms with E-state index in [1.807, 2.05) is 36.4 Å². The van der Waals surface area contributed by atoms with Gasteiger partial charge in [0.2, 0.25) is 0 Å². The highest BCUT2D eigenvalue weighted by Crippen LogP contribution is 2.43. The van der Waals surface area contributed by atoms with Crippen LogP contribution in [0.3, 0.4) is 0 Å². The first kappa shape index (κ1) is 20.1. The van der Waals surface area contributed by atoms with Gasteiger partial charge in [0.25, 0.3) is 5.91 Å². The maximum Gasteiger partial charge on any atom is 0.255 e. The Morgan fingerprint density at radius 1 is 1.21 bits per heavy atom. The number of hydrogen-bond donors (Lipinski definition) is 0. The fourth-order valence-electron chi connectivity index (χ4n) is 4.94. The van der Waals surface area contributed by atoms with E-state index in [1.165, 1.54) is 12.1 Å². The van der Waals surface area contributed by atoms with Gasteiger partial charge >= 0.3 is 0 Å². The molecule has 6 heteroatoms. The second kappa shape index (κ2) is 7.58. The minimum atomic E-state index is -0.258. The number of amides is 1. The number of likely N-dealkylation sites (N-methyl/N-ethyl adjacent to an activating group) is 1. The number of carbonyl (C=O) groups excluding carboxylic acids is 1. The molecule has 2 aliphatic rings. The Balaban J connectivity index is 1.47. The lowest BCUT2D eigenvalue weighted by Crippen LogP contribution is -2.59. The Morgan fingerprint density at radius 3 is 2.55 bits per heavy atom. The number of ether oxygens (including phenoxy) is 1. The molecule has 2 aliphatic heterocycles. The minimum absolute atomic E-state index is 0.0907. The fourth-order valence-corrected chi connectivity index (χ4v) is 4.94. The van der Waals surface area contributed by atoms with E-state index >= 15 is 0 Å². The van der Waals surface area contributed by atoms with Crippen LogP contribution in [0.25, 0.3) is 11.3 Å². The molecule has 0 bridgehead atoms. The van der Waals surface area contributed by atoms with Crippen molar-refractivity contribution in [3.63, 3.8) is 0 Å². The molecule has 1 unspecified atom stereocenters. The van der Waals surface area contributed by atoms with Gasteiger partial charge in [-0.25, -0.2) is 4.39 Å². The van der Waals surface area contributed by atoms with Gasteiger partial charge in [0.15, 0.2) is 0 Å². The largest absolute Gasteiger partial charge is 0.380 e. The lowest BCUT2D eigenvalue weighted by molar-refractivity contribution is 0.0110. The Hall–Kier alpha value is -2.18. The number of rotatable bonds is 5. The van der Waals surface area contributed by atoms with Crippen LogP contribution >= 0.6 is 0 Å². The van der Waals surface area contributed by atoms with Gasteiger partial charge in [0.1, 0.15) is 5.82 Å². The molecule has 0 radical (unpaired) electrons. The van der Waals surface area contributed by atoms with Gasteiger partial charge in [0, 0.05) is 56.1 Å². The molecule has 2 fully saturated rings. The van der Waals surface area contributed by atoms with Gasteiger partial charge in [-0.1, -0.05) is 0 Å². The Morgan fingerprint density at radius 2 is 1.90 bits per heavy atom. The zero-order valence-corrected chi connectivity index (χ0v) is 17.7. The summed E-state index contributed by atoms with van der Waals surface area (Å²) in [6, 6.07) is 8.79. The molecule has 0 N–H and O–H groups in total. The molecule has 29 heavy (non-hydrogen) atoms. The zero-order chi connectivity index (χ0) is 20.8. The highest BCUT2D eigenvalue weighted by molar-refractivity contribution is 5.97. The number of likely N-dealkylation sites (tertiary alicyclic amines) is 2. The average Bonchev–Trinajstić information content (AvgIpc) is 3.17. The summed E-state index contributed by atoms with van der Waals surface area (Å²) in [6.07, 6.45) is 1.09. The van der Waals surface area contributed by atoms with Gasteiger partial charge in [-0.15, -0.1) is 0 Å². The summed E-state index contributed by atoms with van der Waals surface area (Å²) in [6.45, 7) is 8.13. The van der Waals surface area contributed by atoms with Crippen LogP contribution in [-0.2, 0) is 11.8 Å². The summed E-state index contributed by atoms with van der Waals surface area (Å²) >= 11 is 0. The summed E-state index contributed by atoms with van der Waals surface area (Å²) < 4.78 is 20.9. The molecule has 0 aliphatic carbocycles. The van der Waals surface area contributed by atoms with Crippen LogP contribution in [0.5, 0.6) is 0 Å². The van der Waals surface area contributed by atoms with Crippen LogP contribution < -0.4 is 0 Å². The number of halogens is 1. The molecule has 2 aromatic rings. The number of nitrogens with zero attached hydrogens (tertiary/aromatic N) is 3. The van der Waals surface area contributed by atoms with Crippen LogP contribution in [0.15, 0.2) is 30.3 Å². The van der Waals surface area contributed by atoms with Crippen molar-refractivity contribution < 1.29 is 13.9 Å². The highest BCUT2D eigenvalue weighted by Gasteiger charge is 2.52. The normalized spacial score (nSPS) is 21.0. The van der Waals surface area contributed by atoms with Crippen LogP contribution in [0.1, 0.15) is 29.4 Å². The summed E-state index contributed by atoms with van der Waals surface area (Å²) in [5, 5.41) is 0. The third-order valence-electron chi connectivity index (χ3n) is 6.64. The second-order valence-electron chi connectivity index (χ2n) is 8.69. The topological polar surface area (TPSA) is 37.7 Å². The van der Waals surface area contributed by atoms with Crippen LogP contribution in [0, 0.1) is 18.2 Å². The van der Waals surface area contributed by atoms with E-state index in [4.69, 9.17) is 4.74 Å². The third-order valence-corrected chi connectivity index (χ3v) is 6.64. The molecule has 1 spiro atoms. The van der Waals surface area contributed by atoms with Gasteiger partial charge in [-0.2, -0.15) is 0 Å². The molecule has 1 atom stereocenters. The van der Waals surface area contributed by atoms with Gasteiger partial charge in [0.05, 0.1) is 12.2 Å². The maximum absolute atomic E-state index is 13.3. The molecule has 3 heterocycles. The molecule has 4 rings (SSSR count). The molecule has 1 aromatic carbocycles. The predicted octanol–water partition coefficient (Wildman–Crippen LogP) is 3.32. The molecule has 2 saturated heterocycles. The van der Waals surface area contributed by atoms with Crippen molar-refractivity contribution in [2.24, 2.45) is 12.5 Å². The van der Waals surface area contributed by atoms with Gasteiger partial charge in [-0.05, 0) is 63.2 Å². The van der Waals surface area contributed by atoms with Crippen molar-refractivity contribution in [1.82, 2.24) is 14.4 Å². The third kappa shape index (κ3) is 3.60. The van der Waals surface area contributed by atoms with Crippen molar-refractivity contribution in [3.8, 4) is 11.3 Å². The number of aromatic nitrogens is 1. The van der Waals surface area contributed by atoms with Gasteiger partial charge < -0.3 is 19.1 Å². The smallest absolute Gasteiger partial charge is 0.255 e. The quantitative estimate of drug-likeness (QED) is 0.774. The average molecular weight is 400 g/mol. The predicted molar refractivity (Wildman–Crippen MR) is 111 cm³/mol. The lowest BCUT2D eigenvalue weighted by Gasteiger charge is -2.48. The van der Waals surface area contributed by atoms with Crippen LogP contribution in [-0.4, -0.2) is 66.2 Å². The minimum Gasteiger partial charge on any atom is -0.380 e. The molecule has 0 saturated carbocycles. The number of benzene rings is 1. The molecule has 5 nitrogen and oxygen atoms in total. The van der Waals surface area contributed by atoms with Gasteiger partial charge in [-0.3, -0.25) is 4.79 Å². The molecule has 1 aromatic heterocycles. The highest BCUT2D eigenvalue weighted by atomic mass is 19.1. The maximum atomic E-state index is 13.3. The van der Waals surface area contributed by atoms with Crippen molar-refractivity contribution in [3.05, 3.63) is 47.4 Å². The summed E-state index contributed by atoms with van der Waals surface area (Å²) in [5.41, 5.74) is 3.71. The van der Waals surface area contributed by atoms with E-state index < -0.39 is 0 Å². The van der Waals surface area contributed by atoms with Crippen LogP contribution in [0.4, 0.5) is 4.39 Å². The van der Waals surface area contributed by atoms with Crippen molar-refractivity contribution in [1.29, 1.82) is 0 Å².